The molecule has 0 aliphatic carbocycles. The van der Waals surface area contributed by atoms with Crippen LogP contribution in [0.15, 0.2) is 12.3 Å². The van der Waals surface area contributed by atoms with Crippen LogP contribution in [0.4, 0.5) is 0 Å². The maximum absolute atomic E-state index is 4.40. The average molecular weight is 195 g/mol. The van der Waals surface area contributed by atoms with Gasteiger partial charge in [0.2, 0.25) is 0 Å². The van der Waals surface area contributed by atoms with Crippen LogP contribution in [0.3, 0.4) is 0 Å². The van der Waals surface area contributed by atoms with Crippen LogP contribution in [0, 0.1) is 6.92 Å². The first-order chi connectivity index (χ1) is 6.25. The maximum Gasteiger partial charge on any atom is 0.125 e. The minimum absolute atomic E-state index is 0.358. The maximum atomic E-state index is 4.40. The molecular formula is C9H13N3S. The van der Waals surface area contributed by atoms with Gasteiger partial charge in [-0.15, -0.1) is 11.8 Å². The number of thioether (sulfide) groups is 1. The van der Waals surface area contributed by atoms with Gasteiger partial charge in [-0.2, -0.15) is 0 Å². The molecule has 0 bridgehead atoms. The fraction of sp³-hybridized carbons (Fsp3) is 0.556. The van der Waals surface area contributed by atoms with E-state index in [2.05, 4.69) is 22.2 Å². The number of nitrogens with zero attached hydrogens (tertiary/aromatic N) is 2. The highest BCUT2D eigenvalue weighted by Crippen LogP contribution is 2.33. The third-order valence-corrected chi connectivity index (χ3v) is 3.34. The van der Waals surface area contributed by atoms with E-state index in [0.717, 1.165) is 18.1 Å². The Labute approximate surface area is 82.4 Å². The summed E-state index contributed by atoms with van der Waals surface area (Å²) in [6, 6.07) is 1.98. The molecule has 1 saturated heterocycles. The molecule has 3 nitrogen and oxygen atoms in total. The summed E-state index contributed by atoms with van der Waals surface area (Å²) < 4.78 is 0. The summed E-state index contributed by atoms with van der Waals surface area (Å²) in [7, 11) is 0. The first-order valence-electron chi connectivity index (χ1n) is 4.44. The molecule has 1 aromatic rings. The van der Waals surface area contributed by atoms with Crippen molar-refractivity contribution < 1.29 is 0 Å². The highest BCUT2D eigenvalue weighted by atomic mass is 32.2. The molecule has 1 N–H and O–H groups in total. The number of nitrogens with one attached hydrogen (secondary N) is 1. The first-order valence-corrected chi connectivity index (χ1v) is 5.38. The van der Waals surface area contributed by atoms with Crippen molar-refractivity contribution in [1.29, 1.82) is 0 Å². The van der Waals surface area contributed by atoms with Crippen molar-refractivity contribution in [1.82, 2.24) is 15.3 Å². The summed E-state index contributed by atoms with van der Waals surface area (Å²) in [6.07, 6.45) is 1.82. The lowest BCUT2D eigenvalue weighted by Crippen LogP contribution is -2.15. The van der Waals surface area contributed by atoms with Gasteiger partial charge in [0.25, 0.3) is 0 Å². The molecule has 0 amide bonds. The van der Waals surface area contributed by atoms with Crippen LogP contribution in [-0.4, -0.2) is 21.8 Å². The summed E-state index contributed by atoms with van der Waals surface area (Å²) in [5, 5.41) is 4.46. The average Bonchev–Trinajstić information content (AvgIpc) is 2.52. The normalized spacial score (nSPS) is 27.8. The molecule has 4 heteroatoms. The van der Waals surface area contributed by atoms with Crippen LogP contribution in [0.25, 0.3) is 0 Å². The fourth-order valence-electron chi connectivity index (χ4n) is 1.40. The number of hydrogen-bond acceptors (Lipinski definition) is 4. The molecule has 0 aromatic carbocycles. The molecule has 0 spiro atoms. The predicted molar refractivity (Wildman–Crippen MR) is 54.6 cm³/mol. The molecule has 13 heavy (non-hydrogen) atoms. The van der Waals surface area contributed by atoms with E-state index in [1.807, 2.05) is 30.9 Å². The molecule has 2 atom stereocenters. The van der Waals surface area contributed by atoms with E-state index in [9.17, 15) is 0 Å². The van der Waals surface area contributed by atoms with Gasteiger partial charge in [-0.25, -0.2) is 9.97 Å². The van der Waals surface area contributed by atoms with Crippen molar-refractivity contribution in [2.75, 3.05) is 6.54 Å². The Balaban J connectivity index is 2.16. The Kier molecular flexibility index (Phi) is 2.51. The van der Waals surface area contributed by atoms with Gasteiger partial charge in [-0.05, 0) is 13.0 Å². The summed E-state index contributed by atoms with van der Waals surface area (Å²) in [4.78, 5) is 8.48. The SMILES string of the molecule is Cc1nccc(C2NCC(C)S2)n1. The zero-order valence-electron chi connectivity index (χ0n) is 7.82. The Hall–Kier alpha value is -0.610. The molecule has 2 heterocycles. The van der Waals surface area contributed by atoms with Gasteiger partial charge in [0.05, 0.1) is 11.1 Å². The van der Waals surface area contributed by atoms with Crippen molar-refractivity contribution in [2.45, 2.75) is 24.5 Å². The molecule has 2 rings (SSSR count). The van der Waals surface area contributed by atoms with Crippen molar-refractivity contribution >= 4 is 11.8 Å². The van der Waals surface area contributed by atoms with Gasteiger partial charge in [0.15, 0.2) is 0 Å². The largest absolute Gasteiger partial charge is 0.299 e. The lowest BCUT2D eigenvalue weighted by Gasteiger charge is -2.08. The quantitative estimate of drug-likeness (QED) is 0.737. The third-order valence-electron chi connectivity index (χ3n) is 2.03. The summed E-state index contributed by atoms with van der Waals surface area (Å²) in [6.45, 7) is 5.22. The van der Waals surface area contributed by atoms with E-state index in [4.69, 9.17) is 0 Å². The van der Waals surface area contributed by atoms with Crippen LogP contribution in [0.5, 0.6) is 0 Å². The van der Waals surface area contributed by atoms with Gasteiger partial charge in [-0.3, -0.25) is 5.32 Å². The van der Waals surface area contributed by atoms with E-state index < -0.39 is 0 Å². The van der Waals surface area contributed by atoms with Gasteiger partial charge in [0, 0.05) is 18.0 Å². The van der Waals surface area contributed by atoms with Gasteiger partial charge in [-0.1, -0.05) is 6.92 Å². The zero-order valence-corrected chi connectivity index (χ0v) is 8.64. The molecule has 2 unspecified atom stereocenters. The Morgan fingerprint density at radius 3 is 3.08 bits per heavy atom. The second kappa shape index (κ2) is 3.64. The number of hydrogen-bond donors (Lipinski definition) is 1. The second-order valence-electron chi connectivity index (χ2n) is 3.26. The summed E-state index contributed by atoms with van der Waals surface area (Å²) in [5.74, 6) is 0.847. The highest BCUT2D eigenvalue weighted by molar-refractivity contribution is 8.00. The lowest BCUT2D eigenvalue weighted by atomic mass is 10.4. The third kappa shape index (κ3) is 2.00. The Morgan fingerprint density at radius 2 is 2.46 bits per heavy atom. The summed E-state index contributed by atoms with van der Waals surface area (Å²) >= 11 is 1.93. The molecule has 0 saturated carbocycles. The van der Waals surface area contributed by atoms with E-state index in [0.29, 0.717) is 10.6 Å². The topological polar surface area (TPSA) is 37.8 Å². The molecule has 1 aliphatic heterocycles. The number of rotatable bonds is 1. The van der Waals surface area contributed by atoms with E-state index in [1.54, 1.807) is 0 Å². The van der Waals surface area contributed by atoms with Crippen molar-refractivity contribution in [2.24, 2.45) is 0 Å². The number of aromatic nitrogens is 2. The van der Waals surface area contributed by atoms with Crippen LogP contribution in [0.1, 0.15) is 23.8 Å². The first kappa shape index (κ1) is 8.97. The second-order valence-corrected chi connectivity index (χ2v) is 4.81. The minimum atomic E-state index is 0.358. The molecule has 1 aromatic heterocycles. The van der Waals surface area contributed by atoms with Crippen LogP contribution in [0.2, 0.25) is 0 Å². The monoisotopic (exact) mass is 195 g/mol. The fourth-order valence-corrected chi connectivity index (χ4v) is 2.52. The van der Waals surface area contributed by atoms with Gasteiger partial charge >= 0.3 is 0 Å². The Bertz CT molecular complexity index is 303. The zero-order chi connectivity index (χ0) is 9.26. The van der Waals surface area contributed by atoms with Crippen molar-refractivity contribution in [3.63, 3.8) is 0 Å². The number of aryl methyl sites for hydroxylation is 1. The van der Waals surface area contributed by atoms with Crippen LogP contribution >= 0.6 is 11.8 Å². The molecule has 0 radical (unpaired) electrons. The van der Waals surface area contributed by atoms with E-state index >= 15 is 0 Å². The van der Waals surface area contributed by atoms with Crippen molar-refractivity contribution in [3.8, 4) is 0 Å². The van der Waals surface area contributed by atoms with Gasteiger partial charge < -0.3 is 0 Å². The molecule has 1 aliphatic rings. The lowest BCUT2D eigenvalue weighted by molar-refractivity contribution is 0.699. The van der Waals surface area contributed by atoms with E-state index in [-0.39, 0.29) is 0 Å². The molecule has 1 fully saturated rings. The van der Waals surface area contributed by atoms with Crippen molar-refractivity contribution in [3.05, 3.63) is 23.8 Å². The standard InChI is InChI=1S/C9H13N3S/c1-6-5-11-9(13-6)8-3-4-10-7(2)12-8/h3-4,6,9,11H,5H2,1-2H3. The molecule has 70 valence electrons. The smallest absolute Gasteiger partial charge is 0.125 e. The summed E-state index contributed by atoms with van der Waals surface area (Å²) in [5.41, 5.74) is 1.10. The Morgan fingerprint density at radius 1 is 1.62 bits per heavy atom. The van der Waals surface area contributed by atoms with E-state index in [1.165, 1.54) is 0 Å². The van der Waals surface area contributed by atoms with Crippen LogP contribution in [-0.2, 0) is 0 Å². The highest BCUT2D eigenvalue weighted by Gasteiger charge is 2.23. The predicted octanol–water partition coefficient (Wildman–Crippen LogP) is 1.51. The van der Waals surface area contributed by atoms with Crippen LogP contribution < -0.4 is 5.32 Å². The van der Waals surface area contributed by atoms with Gasteiger partial charge in [0.1, 0.15) is 5.82 Å². The minimum Gasteiger partial charge on any atom is -0.299 e. The molecular weight excluding hydrogens is 182 g/mol.